The number of rotatable bonds is 4. The van der Waals surface area contributed by atoms with Gasteiger partial charge in [0.05, 0.1) is 0 Å². The van der Waals surface area contributed by atoms with Crippen LogP contribution in [0.2, 0.25) is 0 Å². The van der Waals surface area contributed by atoms with E-state index in [0.29, 0.717) is 12.0 Å². The highest BCUT2D eigenvalue weighted by atomic mass is 15.2. The van der Waals surface area contributed by atoms with Crippen molar-refractivity contribution in [2.75, 3.05) is 11.9 Å². The van der Waals surface area contributed by atoms with Crippen molar-refractivity contribution < 1.29 is 0 Å². The number of aromatic nitrogens is 2. The second kappa shape index (κ2) is 4.48. The summed E-state index contributed by atoms with van der Waals surface area (Å²) in [7, 11) is 0. The van der Waals surface area contributed by atoms with Gasteiger partial charge in [-0.15, -0.1) is 0 Å². The zero-order valence-electron chi connectivity index (χ0n) is 10.9. The van der Waals surface area contributed by atoms with Crippen LogP contribution in [0.4, 0.5) is 5.95 Å². The summed E-state index contributed by atoms with van der Waals surface area (Å²) in [4.78, 5) is 4.38. The molecule has 3 heteroatoms. The summed E-state index contributed by atoms with van der Waals surface area (Å²) >= 11 is 0. The van der Waals surface area contributed by atoms with Crippen LogP contribution in [0.3, 0.4) is 0 Å². The fraction of sp³-hybridized carbons (Fsp3) is 0.400. The number of hydrogen-bond acceptors (Lipinski definition) is 2. The lowest BCUT2D eigenvalue weighted by Gasteiger charge is -2.30. The van der Waals surface area contributed by atoms with Crippen LogP contribution in [0.5, 0.6) is 0 Å². The molecule has 0 bridgehead atoms. The third-order valence-corrected chi connectivity index (χ3v) is 3.69. The molecule has 1 N–H and O–H groups in total. The third-order valence-electron chi connectivity index (χ3n) is 3.69. The van der Waals surface area contributed by atoms with Crippen LogP contribution in [0.25, 0.3) is 0 Å². The highest BCUT2D eigenvalue weighted by Crippen LogP contribution is 2.34. The molecule has 1 aromatic carbocycles. The van der Waals surface area contributed by atoms with Crippen molar-refractivity contribution >= 4 is 5.95 Å². The molecule has 0 spiro atoms. The largest absolute Gasteiger partial charge is 0.355 e. The molecule has 0 amide bonds. The van der Waals surface area contributed by atoms with Crippen LogP contribution in [0.1, 0.15) is 36.9 Å². The molecule has 0 fully saturated rings. The van der Waals surface area contributed by atoms with Gasteiger partial charge in [-0.05, 0) is 31.4 Å². The number of imidazole rings is 1. The summed E-state index contributed by atoms with van der Waals surface area (Å²) in [5, 5.41) is 3.47. The molecule has 1 aliphatic rings. The molecule has 1 heterocycles. The molecular formula is C15H19N3. The van der Waals surface area contributed by atoms with Gasteiger partial charge >= 0.3 is 0 Å². The SMILES string of the molecule is CC(C)n1ccnc1NCC1Cc2ccccc21. The first-order chi connectivity index (χ1) is 8.75. The molecule has 0 saturated carbocycles. The summed E-state index contributed by atoms with van der Waals surface area (Å²) in [6.45, 7) is 5.32. The van der Waals surface area contributed by atoms with Gasteiger partial charge in [0.15, 0.2) is 0 Å². The van der Waals surface area contributed by atoms with Crippen LogP contribution in [-0.4, -0.2) is 16.1 Å². The predicted molar refractivity (Wildman–Crippen MR) is 74.0 cm³/mol. The van der Waals surface area contributed by atoms with Crippen molar-refractivity contribution in [1.82, 2.24) is 9.55 Å². The van der Waals surface area contributed by atoms with Crippen LogP contribution in [0.15, 0.2) is 36.7 Å². The van der Waals surface area contributed by atoms with Crippen LogP contribution < -0.4 is 5.32 Å². The lowest BCUT2D eigenvalue weighted by molar-refractivity contribution is 0.591. The Morgan fingerprint density at radius 1 is 1.39 bits per heavy atom. The Labute approximate surface area is 108 Å². The first-order valence-corrected chi connectivity index (χ1v) is 6.60. The van der Waals surface area contributed by atoms with E-state index in [-0.39, 0.29) is 0 Å². The normalized spacial score (nSPS) is 17.4. The van der Waals surface area contributed by atoms with E-state index in [1.165, 1.54) is 17.5 Å². The van der Waals surface area contributed by atoms with Crippen molar-refractivity contribution in [2.24, 2.45) is 0 Å². The molecule has 3 nitrogen and oxygen atoms in total. The average molecular weight is 241 g/mol. The number of anilines is 1. The maximum Gasteiger partial charge on any atom is 0.203 e. The van der Waals surface area contributed by atoms with E-state index in [4.69, 9.17) is 0 Å². The first-order valence-electron chi connectivity index (χ1n) is 6.60. The number of nitrogens with zero attached hydrogens (tertiary/aromatic N) is 2. The van der Waals surface area contributed by atoms with Crippen LogP contribution in [0, 0.1) is 0 Å². The molecule has 2 aromatic rings. The van der Waals surface area contributed by atoms with Gasteiger partial charge in [0.2, 0.25) is 5.95 Å². The van der Waals surface area contributed by atoms with E-state index < -0.39 is 0 Å². The summed E-state index contributed by atoms with van der Waals surface area (Å²) in [6, 6.07) is 9.15. The van der Waals surface area contributed by atoms with Gasteiger partial charge in [-0.3, -0.25) is 0 Å². The maximum atomic E-state index is 4.38. The number of nitrogens with one attached hydrogen (secondary N) is 1. The smallest absolute Gasteiger partial charge is 0.203 e. The highest BCUT2D eigenvalue weighted by Gasteiger charge is 2.25. The molecule has 1 unspecified atom stereocenters. The molecular weight excluding hydrogens is 222 g/mol. The topological polar surface area (TPSA) is 29.9 Å². The Hall–Kier alpha value is -1.77. The van der Waals surface area contributed by atoms with Crippen molar-refractivity contribution in [3.05, 3.63) is 47.8 Å². The Bertz CT molecular complexity index is 542. The number of benzene rings is 1. The van der Waals surface area contributed by atoms with Crippen LogP contribution >= 0.6 is 0 Å². The highest BCUT2D eigenvalue weighted by molar-refractivity contribution is 5.41. The summed E-state index contributed by atoms with van der Waals surface area (Å²) in [6.07, 6.45) is 5.07. The molecule has 18 heavy (non-hydrogen) atoms. The Balaban J connectivity index is 1.65. The van der Waals surface area contributed by atoms with Crippen molar-refractivity contribution in [1.29, 1.82) is 0 Å². The zero-order chi connectivity index (χ0) is 12.5. The van der Waals surface area contributed by atoms with Gasteiger partial charge in [-0.2, -0.15) is 0 Å². The molecule has 94 valence electrons. The van der Waals surface area contributed by atoms with E-state index in [9.17, 15) is 0 Å². The summed E-state index contributed by atoms with van der Waals surface area (Å²) < 4.78 is 2.17. The minimum absolute atomic E-state index is 0.448. The third kappa shape index (κ3) is 1.90. The van der Waals surface area contributed by atoms with E-state index in [0.717, 1.165) is 12.5 Å². The monoisotopic (exact) mass is 241 g/mol. The average Bonchev–Trinajstić information content (AvgIpc) is 2.79. The van der Waals surface area contributed by atoms with Crippen LogP contribution in [-0.2, 0) is 6.42 Å². The molecule has 1 aliphatic carbocycles. The molecule has 1 aromatic heterocycles. The van der Waals surface area contributed by atoms with Crippen molar-refractivity contribution in [3.8, 4) is 0 Å². The minimum Gasteiger partial charge on any atom is -0.355 e. The van der Waals surface area contributed by atoms with Gasteiger partial charge in [0.25, 0.3) is 0 Å². The minimum atomic E-state index is 0.448. The molecule has 1 atom stereocenters. The maximum absolute atomic E-state index is 4.38. The fourth-order valence-electron chi connectivity index (χ4n) is 2.63. The fourth-order valence-corrected chi connectivity index (χ4v) is 2.63. The molecule has 0 saturated heterocycles. The van der Waals surface area contributed by atoms with Gasteiger partial charge in [-0.25, -0.2) is 4.98 Å². The first kappa shape index (κ1) is 11.3. The zero-order valence-corrected chi connectivity index (χ0v) is 10.9. The predicted octanol–water partition coefficient (Wildman–Crippen LogP) is 3.22. The van der Waals surface area contributed by atoms with E-state index in [1.807, 2.05) is 12.4 Å². The quantitative estimate of drug-likeness (QED) is 0.890. The van der Waals surface area contributed by atoms with Crippen molar-refractivity contribution in [2.45, 2.75) is 32.2 Å². The summed E-state index contributed by atoms with van der Waals surface area (Å²) in [5.74, 6) is 1.62. The lowest BCUT2D eigenvalue weighted by atomic mass is 9.78. The Morgan fingerprint density at radius 2 is 2.22 bits per heavy atom. The Kier molecular flexibility index (Phi) is 2.82. The van der Waals surface area contributed by atoms with E-state index >= 15 is 0 Å². The lowest BCUT2D eigenvalue weighted by Crippen LogP contribution is -2.25. The van der Waals surface area contributed by atoms with Crippen molar-refractivity contribution in [3.63, 3.8) is 0 Å². The van der Waals surface area contributed by atoms with Gasteiger partial charge in [0.1, 0.15) is 0 Å². The number of fused-ring (bicyclic) bond motifs is 1. The van der Waals surface area contributed by atoms with Gasteiger partial charge < -0.3 is 9.88 Å². The van der Waals surface area contributed by atoms with Gasteiger partial charge in [0, 0.05) is 30.9 Å². The second-order valence-corrected chi connectivity index (χ2v) is 5.23. The Morgan fingerprint density at radius 3 is 3.00 bits per heavy atom. The van der Waals surface area contributed by atoms with E-state index in [1.54, 1.807) is 0 Å². The summed E-state index contributed by atoms with van der Waals surface area (Å²) in [5.41, 5.74) is 2.99. The van der Waals surface area contributed by atoms with E-state index in [2.05, 4.69) is 53.0 Å². The standard InChI is InChI=1S/C15H19N3/c1-11(2)18-8-7-16-15(18)17-10-13-9-12-5-3-4-6-14(12)13/h3-8,11,13H,9-10H2,1-2H3,(H,16,17). The molecule has 0 aliphatic heterocycles. The molecule has 3 rings (SSSR count). The second-order valence-electron chi connectivity index (χ2n) is 5.23. The molecule has 0 radical (unpaired) electrons. The van der Waals surface area contributed by atoms with Gasteiger partial charge in [-0.1, -0.05) is 24.3 Å². The number of hydrogen-bond donors (Lipinski definition) is 1.